The van der Waals surface area contributed by atoms with E-state index in [4.69, 9.17) is 27.9 Å². The minimum Gasteiger partial charge on any atom is -0.380 e. The first kappa shape index (κ1) is 15.8. The number of rotatable bonds is 5. The molecule has 5 nitrogen and oxygen atoms in total. The van der Waals surface area contributed by atoms with E-state index >= 15 is 0 Å². The van der Waals surface area contributed by atoms with Crippen LogP contribution in [-0.4, -0.2) is 29.5 Å². The van der Waals surface area contributed by atoms with Crippen LogP contribution in [0.2, 0.25) is 10.0 Å². The Morgan fingerprint density at radius 1 is 1.33 bits per heavy atom. The van der Waals surface area contributed by atoms with Crippen molar-refractivity contribution >= 4 is 28.9 Å². The van der Waals surface area contributed by atoms with Crippen LogP contribution in [0.3, 0.4) is 0 Å². The molecular formula is C14H15Cl2N3O2. The van der Waals surface area contributed by atoms with Crippen molar-refractivity contribution < 1.29 is 4.74 Å². The largest absolute Gasteiger partial charge is 0.380 e. The van der Waals surface area contributed by atoms with Gasteiger partial charge in [0.25, 0.3) is 5.56 Å². The lowest BCUT2D eigenvalue weighted by atomic mass is 10.3. The maximum atomic E-state index is 12.3. The second-order valence-electron chi connectivity index (χ2n) is 4.49. The number of halogens is 2. The molecule has 0 radical (unpaired) electrons. The van der Waals surface area contributed by atoms with Gasteiger partial charge < -0.3 is 10.1 Å². The molecule has 2 rings (SSSR count). The number of methoxy groups -OCH3 is 1. The molecule has 0 aliphatic heterocycles. The van der Waals surface area contributed by atoms with E-state index in [2.05, 4.69) is 10.4 Å². The molecule has 1 atom stereocenters. The molecule has 1 aromatic carbocycles. The maximum Gasteiger partial charge on any atom is 0.292 e. The van der Waals surface area contributed by atoms with E-state index < -0.39 is 5.56 Å². The third kappa shape index (κ3) is 3.75. The fourth-order valence-corrected chi connectivity index (χ4v) is 1.98. The highest BCUT2D eigenvalue weighted by atomic mass is 35.5. The Morgan fingerprint density at radius 3 is 2.62 bits per heavy atom. The molecule has 1 N–H and O–H groups in total. The fraction of sp³-hybridized carbons (Fsp3) is 0.286. The number of nitrogens with zero attached hydrogens (tertiary/aromatic N) is 2. The van der Waals surface area contributed by atoms with Crippen molar-refractivity contribution in [2.45, 2.75) is 13.0 Å². The van der Waals surface area contributed by atoms with Gasteiger partial charge in [-0.3, -0.25) is 4.79 Å². The Hall–Kier alpha value is -1.56. The molecule has 0 amide bonds. The quantitative estimate of drug-likeness (QED) is 0.917. The van der Waals surface area contributed by atoms with Gasteiger partial charge in [0.2, 0.25) is 0 Å². The van der Waals surface area contributed by atoms with E-state index in [0.717, 1.165) is 0 Å². The lowest BCUT2D eigenvalue weighted by Gasteiger charge is -2.13. The van der Waals surface area contributed by atoms with Gasteiger partial charge in [0.05, 0.1) is 23.7 Å². The summed E-state index contributed by atoms with van der Waals surface area (Å²) in [6.45, 7) is 2.44. The van der Waals surface area contributed by atoms with Gasteiger partial charge in [0, 0.05) is 18.7 Å². The van der Waals surface area contributed by atoms with Crippen molar-refractivity contribution in [3.63, 3.8) is 0 Å². The van der Waals surface area contributed by atoms with Gasteiger partial charge in [-0.25, -0.2) is 0 Å². The van der Waals surface area contributed by atoms with Crippen LogP contribution in [-0.2, 0) is 4.74 Å². The molecule has 7 heteroatoms. The second kappa shape index (κ2) is 6.93. The topological polar surface area (TPSA) is 56.1 Å². The van der Waals surface area contributed by atoms with Crippen molar-refractivity contribution in [2.24, 2.45) is 0 Å². The van der Waals surface area contributed by atoms with Crippen molar-refractivity contribution in [3.8, 4) is 5.69 Å². The van der Waals surface area contributed by atoms with Gasteiger partial charge in [-0.15, -0.1) is 0 Å². The van der Waals surface area contributed by atoms with E-state index in [1.807, 2.05) is 6.92 Å². The van der Waals surface area contributed by atoms with E-state index in [9.17, 15) is 4.79 Å². The minimum atomic E-state index is -0.394. The normalized spacial score (nSPS) is 12.2. The first-order valence-electron chi connectivity index (χ1n) is 6.33. The monoisotopic (exact) mass is 327 g/mol. The standard InChI is InChI=1S/C14H15Cl2N3O2/c1-9(21-2)7-17-12-8-18-19(14(20)13(12)16)11-5-3-10(15)4-6-11/h3-6,8-9,17H,7H2,1-2H3. The van der Waals surface area contributed by atoms with Gasteiger partial charge in [0.15, 0.2) is 0 Å². The highest BCUT2D eigenvalue weighted by molar-refractivity contribution is 6.33. The molecule has 0 fully saturated rings. The molecule has 1 heterocycles. The number of hydrogen-bond donors (Lipinski definition) is 1. The van der Waals surface area contributed by atoms with Crippen molar-refractivity contribution in [3.05, 3.63) is 50.9 Å². The smallest absolute Gasteiger partial charge is 0.292 e. The van der Waals surface area contributed by atoms with E-state index in [1.165, 1.54) is 10.9 Å². The molecule has 0 aliphatic rings. The van der Waals surface area contributed by atoms with Crippen molar-refractivity contribution in [1.29, 1.82) is 0 Å². The second-order valence-corrected chi connectivity index (χ2v) is 5.31. The predicted octanol–water partition coefficient (Wildman–Crippen LogP) is 2.99. The minimum absolute atomic E-state index is 0.000219. The van der Waals surface area contributed by atoms with Gasteiger partial charge >= 0.3 is 0 Å². The molecule has 0 bridgehead atoms. The summed E-state index contributed by atoms with van der Waals surface area (Å²) in [5.74, 6) is 0. The Morgan fingerprint density at radius 2 is 2.00 bits per heavy atom. The molecule has 0 saturated heterocycles. The SMILES string of the molecule is COC(C)CNc1cnn(-c2ccc(Cl)cc2)c(=O)c1Cl. The van der Waals surface area contributed by atoms with Crippen LogP contribution >= 0.6 is 23.2 Å². The number of benzene rings is 1. The summed E-state index contributed by atoms with van der Waals surface area (Å²) in [6, 6.07) is 6.77. The van der Waals surface area contributed by atoms with Crippen LogP contribution in [0.5, 0.6) is 0 Å². The van der Waals surface area contributed by atoms with E-state index in [-0.39, 0.29) is 11.1 Å². The lowest BCUT2D eigenvalue weighted by molar-refractivity contribution is 0.129. The molecule has 2 aromatic rings. The summed E-state index contributed by atoms with van der Waals surface area (Å²) in [5, 5.41) is 7.83. The van der Waals surface area contributed by atoms with Gasteiger partial charge in [-0.05, 0) is 31.2 Å². The molecule has 112 valence electrons. The van der Waals surface area contributed by atoms with Crippen LogP contribution in [0.4, 0.5) is 5.69 Å². The van der Waals surface area contributed by atoms with Crippen molar-refractivity contribution in [1.82, 2.24) is 9.78 Å². The van der Waals surface area contributed by atoms with Crippen LogP contribution in [0.1, 0.15) is 6.92 Å². The Kier molecular flexibility index (Phi) is 5.22. The third-order valence-corrected chi connectivity index (χ3v) is 3.59. The molecule has 1 unspecified atom stereocenters. The first-order chi connectivity index (χ1) is 10.0. The molecular weight excluding hydrogens is 313 g/mol. The lowest BCUT2D eigenvalue weighted by Crippen LogP contribution is -2.24. The number of ether oxygens (including phenoxy) is 1. The molecule has 1 aromatic heterocycles. The molecule has 0 spiro atoms. The Labute approximate surface area is 132 Å². The molecule has 0 aliphatic carbocycles. The van der Waals surface area contributed by atoms with Gasteiger partial charge in [-0.2, -0.15) is 9.78 Å². The van der Waals surface area contributed by atoms with E-state index in [0.29, 0.717) is 22.9 Å². The molecule has 21 heavy (non-hydrogen) atoms. The average Bonchev–Trinajstić information content (AvgIpc) is 2.49. The van der Waals surface area contributed by atoms with Crippen LogP contribution < -0.4 is 10.9 Å². The summed E-state index contributed by atoms with van der Waals surface area (Å²) in [6.07, 6.45) is 1.51. The summed E-state index contributed by atoms with van der Waals surface area (Å²) < 4.78 is 6.35. The zero-order valence-electron chi connectivity index (χ0n) is 11.6. The number of hydrogen-bond acceptors (Lipinski definition) is 4. The van der Waals surface area contributed by atoms with Gasteiger partial charge in [0.1, 0.15) is 5.02 Å². The fourth-order valence-electron chi connectivity index (χ4n) is 1.66. The summed E-state index contributed by atoms with van der Waals surface area (Å²) >= 11 is 11.9. The maximum absolute atomic E-state index is 12.3. The van der Waals surface area contributed by atoms with Crippen molar-refractivity contribution in [2.75, 3.05) is 19.0 Å². The number of aromatic nitrogens is 2. The Bertz CT molecular complexity index is 671. The highest BCUT2D eigenvalue weighted by Crippen LogP contribution is 2.17. The average molecular weight is 328 g/mol. The third-order valence-electron chi connectivity index (χ3n) is 2.97. The van der Waals surface area contributed by atoms with Crippen LogP contribution in [0.25, 0.3) is 5.69 Å². The summed E-state index contributed by atoms with van der Waals surface area (Å²) in [7, 11) is 1.62. The molecule has 0 saturated carbocycles. The summed E-state index contributed by atoms with van der Waals surface area (Å²) in [4.78, 5) is 12.3. The number of anilines is 1. The van der Waals surface area contributed by atoms with Crippen LogP contribution in [0, 0.1) is 0 Å². The van der Waals surface area contributed by atoms with Gasteiger partial charge in [-0.1, -0.05) is 23.2 Å². The summed E-state index contributed by atoms with van der Waals surface area (Å²) in [5.41, 5.74) is 0.688. The van der Waals surface area contributed by atoms with Crippen LogP contribution in [0.15, 0.2) is 35.3 Å². The van der Waals surface area contributed by atoms with E-state index in [1.54, 1.807) is 31.4 Å². The Balaban J connectivity index is 2.29. The zero-order valence-corrected chi connectivity index (χ0v) is 13.1. The first-order valence-corrected chi connectivity index (χ1v) is 7.09. The predicted molar refractivity (Wildman–Crippen MR) is 84.8 cm³/mol. The number of nitrogens with one attached hydrogen (secondary N) is 1. The zero-order chi connectivity index (χ0) is 15.4. The highest BCUT2D eigenvalue weighted by Gasteiger charge is 2.11.